The molecule has 0 atom stereocenters. The quantitative estimate of drug-likeness (QED) is 0.423. The Bertz CT molecular complexity index is 1350. The number of aromatic nitrogens is 3. The highest BCUT2D eigenvalue weighted by Gasteiger charge is 2.33. The van der Waals surface area contributed by atoms with Gasteiger partial charge in [0.2, 0.25) is 0 Å². The predicted octanol–water partition coefficient (Wildman–Crippen LogP) is 4.84. The summed E-state index contributed by atoms with van der Waals surface area (Å²) < 4.78 is 18.5. The van der Waals surface area contributed by atoms with E-state index >= 15 is 0 Å². The van der Waals surface area contributed by atoms with Gasteiger partial charge in [-0.1, -0.05) is 6.07 Å². The first kappa shape index (κ1) is 26.5. The molecule has 39 heavy (non-hydrogen) atoms. The minimum absolute atomic E-state index is 0.0647. The van der Waals surface area contributed by atoms with Gasteiger partial charge in [0.1, 0.15) is 29.3 Å². The van der Waals surface area contributed by atoms with Crippen LogP contribution in [0, 0.1) is 11.3 Å². The standard InChI is InChI=1S/C28H32N6O5/c1-28(2,3)38-27(35)39-33-17-23(18-33)34-16-22(15-31-34)32-26-13-20(6-9-30-26)19-4-5-25(21(12-19)14-29)37-24-7-10-36-11-8-24/h4-6,9,12-13,15-16,23-24H,7-8,10-11,17-18H2,1-3H3,(H,30,32). The van der Waals surface area contributed by atoms with Crippen LogP contribution in [0.25, 0.3) is 11.1 Å². The fourth-order valence-electron chi connectivity index (χ4n) is 4.33. The van der Waals surface area contributed by atoms with Crippen molar-refractivity contribution in [3.63, 3.8) is 0 Å². The van der Waals surface area contributed by atoms with Crippen LogP contribution in [0.4, 0.5) is 16.3 Å². The summed E-state index contributed by atoms with van der Waals surface area (Å²) in [6, 6.07) is 11.8. The Morgan fingerprint density at radius 1 is 1.15 bits per heavy atom. The van der Waals surface area contributed by atoms with Gasteiger partial charge in [-0.15, -0.1) is 5.06 Å². The number of hydroxylamine groups is 2. The Kier molecular flexibility index (Phi) is 7.67. The van der Waals surface area contributed by atoms with Crippen molar-refractivity contribution in [1.82, 2.24) is 19.8 Å². The molecule has 3 aromatic rings. The number of benzene rings is 1. The summed E-state index contributed by atoms with van der Waals surface area (Å²) in [6.07, 6.45) is 6.33. The minimum Gasteiger partial charge on any atom is -0.489 e. The highest BCUT2D eigenvalue weighted by Crippen LogP contribution is 2.30. The maximum atomic E-state index is 11.8. The Hall–Kier alpha value is -4.14. The number of pyridine rings is 1. The summed E-state index contributed by atoms with van der Waals surface area (Å²) in [5.41, 5.74) is 2.49. The molecule has 2 saturated heterocycles. The van der Waals surface area contributed by atoms with Crippen molar-refractivity contribution in [2.24, 2.45) is 0 Å². The predicted molar refractivity (Wildman–Crippen MR) is 142 cm³/mol. The lowest BCUT2D eigenvalue weighted by molar-refractivity contribution is -0.193. The van der Waals surface area contributed by atoms with E-state index in [1.54, 1.807) is 38.2 Å². The van der Waals surface area contributed by atoms with E-state index < -0.39 is 11.8 Å². The summed E-state index contributed by atoms with van der Waals surface area (Å²) in [6.45, 7) is 7.77. The summed E-state index contributed by atoms with van der Waals surface area (Å²) >= 11 is 0. The second-order valence-corrected chi connectivity index (χ2v) is 10.6. The van der Waals surface area contributed by atoms with Crippen LogP contribution in [0.1, 0.15) is 45.2 Å². The van der Waals surface area contributed by atoms with Crippen LogP contribution in [0.3, 0.4) is 0 Å². The molecule has 2 fully saturated rings. The topological polar surface area (TPSA) is 124 Å². The number of nitrogens with zero attached hydrogens (tertiary/aromatic N) is 5. The highest BCUT2D eigenvalue weighted by molar-refractivity contribution is 5.70. The van der Waals surface area contributed by atoms with E-state index in [9.17, 15) is 10.1 Å². The lowest BCUT2D eigenvalue weighted by Gasteiger charge is -2.36. The molecule has 0 bridgehead atoms. The van der Waals surface area contributed by atoms with E-state index in [0.717, 1.165) is 29.7 Å². The number of rotatable bonds is 7. The number of anilines is 2. The SMILES string of the molecule is CC(C)(C)OC(=O)ON1CC(n2cc(Nc3cc(-c4ccc(OC5CCOCC5)c(C#N)c4)ccn3)cn2)C1. The molecule has 11 nitrogen and oxygen atoms in total. The van der Waals surface area contributed by atoms with Crippen molar-refractivity contribution >= 4 is 17.7 Å². The maximum Gasteiger partial charge on any atom is 0.528 e. The summed E-state index contributed by atoms with van der Waals surface area (Å²) in [5, 5.41) is 19.0. The molecule has 2 aliphatic rings. The molecule has 11 heteroatoms. The van der Waals surface area contributed by atoms with Crippen molar-refractivity contribution in [3.8, 4) is 22.9 Å². The van der Waals surface area contributed by atoms with E-state index in [2.05, 4.69) is 21.5 Å². The van der Waals surface area contributed by atoms with Gasteiger partial charge in [-0.25, -0.2) is 9.78 Å². The number of ether oxygens (including phenoxy) is 3. The first-order valence-corrected chi connectivity index (χ1v) is 13.0. The Morgan fingerprint density at radius 2 is 1.92 bits per heavy atom. The molecule has 0 aliphatic carbocycles. The van der Waals surface area contributed by atoms with Gasteiger partial charge < -0.3 is 24.4 Å². The van der Waals surface area contributed by atoms with Crippen LogP contribution in [-0.4, -0.2) is 64.0 Å². The molecule has 2 aromatic heterocycles. The Balaban J connectivity index is 1.19. The van der Waals surface area contributed by atoms with Gasteiger partial charge in [0, 0.05) is 25.2 Å². The number of carbonyl (C=O) groups is 1. The summed E-state index contributed by atoms with van der Waals surface area (Å²) in [5.74, 6) is 1.25. The molecule has 0 radical (unpaired) electrons. The lowest BCUT2D eigenvalue weighted by Crippen LogP contribution is -2.49. The number of nitriles is 1. The molecule has 1 N–H and O–H groups in total. The zero-order chi connectivity index (χ0) is 27.4. The number of carbonyl (C=O) groups excluding carboxylic acids is 1. The van der Waals surface area contributed by atoms with Crippen molar-refractivity contribution in [1.29, 1.82) is 5.26 Å². The smallest absolute Gasteiger partial charge is 0.489 e. The van der Waals surface area contributed by atoms with Crippen LogP contribution in [0.5, 0.6) is 5.75 Å². The Morgan fingerprint density at radius 3 is 2.67 bits per heavy atom. The third-order valence-electron chi connectivity index (χ3n) is 6.33. The average molecular weight is 533 g/mol. The molecule has 0 amide bonds. The van der Waals surface area contributed by atoms with E-state index in [1.807, 2.05) is 41.2 Å². The number of nitrogens with one attached hydrogen (secondary N) is 1. The zero-order valence-electron chi connectivity index (χ0n) is 22.3. The van der Waals surface area contributed by atoms with Crippen LogP contribution in [-0.2, 0) is 14.3 Å². The molecule has 1 aromatic carbocycles. The average Bonchev–Trinajstić information content (AvgIpc) is 3.33. The maximum absolute atomic E-state index is 11.8. The molecule has 2 aliphatic heterocycles. The van der Waals surface area contributed by atoms with Gasteiger partial charge in [-0.05, 0) is 56.2 Å². The second-order valence-electron chi connectivity index (χ2n) is 10.6. The van der Waals surface area contributed by atoms with Gasteiger partial charge in [-0.2, -0.15) is 10.4 Å². The molecule has 0 spiro atoms. The van der Waals surface area contributed by atoms with E-state index in [-0.39, 0.29) is 12.1 Å². The lowest BCUT2D eigenvalue weighted by atomic mass is 10.0. The van der Waals surface area contributed by atoms with Crippen LogP contribution >= 0.6 is 0 Å². The van der Waals surface area contributed by atoms with Crippen molar-refractivity contribution in [2.45, 2.75) is 51.4 Å². The summed E-state index contributed by atoms with van der Waals surface area (Å²) in [4.78, 5) is 21.5. The van der Waals surface area contributed by atoms with Gasteiger partial charge >= 0.3 is 6.16 Å². The minimum atomic E-state index is -0.710. The normalized spacial score (nSPS) is 16.7. The summed E-state index contributed by atoms with van der Waals surface area (Å²) in [7, 11) is 0. The number of hydrogen-bond donors (Lipinski definition) is 1. The van der Waals surface area contributed by atoms with Gasteiger partial charge in [0.25, 0.3) is 0 Å². The van der Waals surface area contributed by atoms with E-state index in [4.69, 9.17) is 19.0 Å². The molecular weight excluding hydrogens is 500 g/mol. The highest BCUT2D eigenvalue weighted by atomic mass is 16.8. The monoisotopic (exact) mass is 532 g/mol. The van der Waals surface area contributed by atoms with Gasteiger partial charge in [-0.3, -0.25) is 4.68 Å². The second kappa shape index (κ2) is 11.3. The molecule has 0 unspecified atom stereocenters. The fraction of sp³-hybridized carbons (Fsp3) is 0.429. The Labute approximate surface area is 227 Å². The van der Waals surface area contributed by atoms with Crippen LogP contribution in [0.2, 0.25) is 0 Å². The zero-order valence-corrected chi connectivity index (χ0v) is 22.3. The third-order valence-corrected chi connectivity index (χ3v) is 6.33. The number of hydrogen-bond acceptors (Lipinski definition) is 10. The molecular formula is C28H32N6O5. The van der Waals surface area contributed by atoms with Crippen molar-refractivity contribution < 1.29 is 23.8 Å². The molecule has 204 valence electrons. The molecule has 0 saturated carbocycles. The third kappa shape index (κ3) is 6.85. The van der Waals surface area contributed by atoms with E-state index in [1.165, 1.54) is 0 Å². The first-order chi connectivity index (χ1) is 18.8. The van der Waals surface area contributed by atoms with Gasteiger partial charge in [0.05, 0.1) is 49.8 Å². The van der Waals surface area contributed by atoms with Gasteiger partial charge in [0.15, 0.2) is 0 Å². The van der Waals surface area contributed by atoms with Crippen molar-refractivity contribution in [3.05, 3.63) is 54.5 Å². The van der Waals surface area contributed by atoms with Crippen LogP contribution in [0.15, 0.2) is 48.9 Å². The largest absolute Gasteiger partial charge is 0.528 e. The fourth-order valence-corrected chi connectivity index (χ4v) is 4.33. The first-order valence-electron chi connectivity index (χ1n) is 13.0. The van der Waals surface area contributed by atoms with Crippen molar-refractivity contribution in [2.75, 3.05) is 31.6 Å². The molecule has 5 rings (SSSR count). The van der Waals surface area contributed by atoms with Crippen LogP contribution < -0.4 is 10.1 Å². The molecule has 4 heterocycles. The van der Waals surface area contributed by atoms with E-state index in [0.29, 0.717) is 43.4 Å².